The maximum absolute atomic E-state index is 13.2. The molecule has 0 spiro atoms. The largest absolute Gasteiger partial charge is 0.352 e. The number of piperidine rings is 1. The van der Waals surface area contributed by atoms with Gasteiger partial charge in [-0.25, -0.2) is 0 Å². The molecule has 2 fully saturated rings. The number of likely N-dealkylation sites (tertiary alicyclic amines) is 1. The van der Waals surface area contributed by atoms with Gasteiger partial charge in [0.15, 0.2) is 0 Å². The Morgan fingerprint density at radius 1 is 1.07 bits per heavy atom. The number of carbonyl (C=O) groups excluding carboxylic acids is 2. The highest BCUT2D eigenvalue weighted by molar-refractivity contribution is 5.99. The number of carbonyl (C=O) groups is 2. The normalized spacial score (nSPS) is 20.6. The summed E-state index contributed by atoms with van der Waals surface area (Å²) in [6, 6.07) is 0.376. The first kappa shape index (κ1) is 20.6. The molecular formula is C22H33N3O3. The zero-order valence-electron chi connectivity index (χ0n) is 17.4. The average Bonchev–Trinajstić information content (AvgIpc) is 3.21. The van der Waals surface area contributed by atoms with Gasteiger partial charge < -0.3 is 14.8 Å². The molecule has 0 radical (unpaired) electrons. The summed E-state index contributed by atoms with van der Waals surface area (Å²) in [6.45, 7) is 7.23. The molecule has 1 saturated carbocycles. The molecule has 2 aliphatic rings. The standard InChI is InChI=1S/C22H33N3O3/c1-15(2)12-23-21(27)18-13-24(17-9-4-5-10-17)14-19(20(18)26)22(28)25-11-7-6-8-16(25)3/h13-17H,4-12H2,1-3H3,(H,23,27). The van der Waals surface area contributed by atoms with Crippen LogP contribution in [0.1, 0.15) is 92.5 Å². The maximum Gasteiger partial charge on any atom is 0.259 e. The Kier molecular flexibility index (Phi) is 6.57. The molecule has 2 amide bonds. The third-order valence-corrected chi connectivity index (χ3v) is 6.00. The predicted molar refractivity (Wildman–Crippen MR) is 110 cm³/mol. The van der Waals surface area contributed by atoms with Crippen LogP contribution in [0.4, 0.5) is 0 Å². The SMILES string of the molecule is CC(C)CNC(=O)c1cn(C2CCCC2)cc(C(=O)N2CCCCC2C)c1=O. The minimum Gasteiger partial charge on any atom is -0.352 e. The van der Waals surface area contributed by atoms with Gasteiger partial charge in [0.25, 0.3) is 11.8 Å². The number of aromatic nitrogens is 1. The summed E-state index contributed by atoms with van der Waals surface area (Å²) >= 11 is 0. The first-order valence-corrected chi connectivity index (χ1v) is 10.7. The third kappa shape index (κ3) is 4.47. The molecule has 1 aromatic rings. The molecule has 6 nitrogen and oxygen atoms in total. The number of nitrogens with zero attached hydrogens (tertiary/aromatic N) is 2. The number of nitrogens with one attached hydrogen (secondary N) is 1. The number of hydrogen-bond acceptors (Lipinski definition) is 3. The van der Waals surface area contributed by atoms with Gasteiger partial charge in [-0.2, -0.15) is 0 Å². The fourth-order valence-electron chi connectivity index (χ4n) is 4.27. The molecule has 1 saturated heterocycles. The Balaban J connectivity index is 1.98. The van der Waals surface area contributed by atoms with Crippen LogP contribution < -0.4 is 10.7 Å². The molecule has 1 atom stereocenters. The topological polar surface area (TPSA) is 71.4 Å². The Labute approximate surface area is 167 Å². The number of pyridine rings is 1. The van der Waals surface area contributed by atoms with Crippen LogP contribution in [0.2, 0.25) is 0 Å². The first-order chi connectivity index (χ1) is 13.4. The third-order valence-electron chi connectivity index (χ3n) is 6.00. The Hall–Kier alpha value is -2.11. The molecule has 0 aromatic carbocycles. The minimum absolute atomic E-state index is 0.0862. The molecule has 1 aliphatic heterocycles. The number of rotatable bonds is 5. The molecular weight excluding hydrogens is 354 g/mol. The summed E-state index contributed by atoms with van der Waals surface area (Å²) in [5.41, 5.74) is -0.223. The van der Waals surface area contributed by atoms with Gasteiger partial charge in [0.05, 0.1) is 0 Å². The molecule has 2 heterocycles. The van der Waals surface area contributed by atoms with E-state index in [0.717, 1.165) is 44.9 Å². The smallest absolute Gasteiger partial charge is 0.259 e. The fraction of sp³-hybridized carbons (Fsp3) is 0.682. The quantitative estimate of drug-likeness (QED) is 0.842. The second kappa shape index (κ2) is 8.93. The molecule has 1 aromatic heterocycles. The van der Waals surface area contributed by atoms with Gasteiger partial charge in [-0.1, -0.05) is 26.7 Å². The van der Waals surface area contributed by atoms with Crippen molar-refractivity contribution in [3.63, 3.8) is 0 Å². The second-order valence-electron chi connectivity index (χ2n) is 8.75. The Morgan fingerprint density at radius 3 is 2.36 bits per heavy atom. The van der Waals surface area contributed by atoms with Gasteiger partial charge >= 0.3 is 0 Å². The highest BCUT2D eigenvalue weighted by Crippen LogP contribution is 2.29. The molecule has 1 N–H and O–H groups in total. The van der Waals surface area contributed by atoms with Gasteiger partial charge in [0, 0.05) is 37.6 Å². The average molecular weight is 388 g/mol. The summed E-state index contributed by atoms with van der Waals surface area (Å²) in [5, 5.41) is 2.83. The lowest BCUT2D eigenvalue weighted by Gasteiger charge is -2.33. The molecule has 1 unspecified atom stereocenters. The van der Waals surface area contributed by atoms with E-state index in [1.807, 2.05) is 25.3 Å². The molecule has 6 heteroatoms. The van der Waals surface area contributed by atoms with Crippen molar-refractivity contribution in [1.82, 2.24) is 14.8 Å². The summed E-state index contributed by atoms with van der Waals surface area (Å²) in [4.78, 5) is 40.8. The van der Waals surface area contributed by atoms with E-state index >= 15 is 0 Å². The van der Waals surface area contributed by atoms with E-state index in [1.54, 1.807) is 17.3 Å². The monoisotopic (exact) mass is 387 g/mol. The zero-order valence-corrected chi connectivity index (χ0v) is 17.4. The lowest BCUT2D eigenvalue weighted by Crippen LogP contribution is -2.44. The van der Waals surface area contributed by atoms with Crippen LogP contribution in [0.3, 0.4) is 0 Å². The molecule has 28 heavy (non-hydrogen) atoms. The summed E-state index contributed by atoms with van der Waals surface area (Å²) in [5.74, 6) is -0.325. The lowest BCUT2D eigenvalue weighted by atomic mass is 10.0. The van der Waals surface area contributed by atoms with E-state index in [4.69, 9.17) is 0 Å². The van der Waals surface area contributed by atoms with Crippen LogP contribution in [-0.2, 0) is 0 Å². The van der Waals surface area contributed by atoms with Crippen molar-refractivity contribution >= 4 is 11.8 Å². The van der Waals surface area contributed by atoms with Gasteiger partial charge in [-0.05, 0) is 44.9 Å². The van der Waals surface area contributed by atoms with Crippen molar-refractivity contribution in [3.05, 3.63) is 33.7 Å². The lowest BCUT2D eigenvalue weighted by molar-refractivity contribution is 0.0633. The maximum atomic E-state index is 13.2. The van der Waals surface area contributed by atoms with Crippen molar-refractivity contribution in [1.29, 1.82) is 0 Å². The van der Waals surface area contributed by atoms with E-state index in [-0.39, 0.29) is 35.0 Å². The highest BCUT2D eigenvalue weighted by atomic mass is 16.2. The van der Waals surface area contributed by atoms with E-state index in [9.17, 15) is 14.4 Å². The van der Waals surface area contributed by atoms with Gasteiger partial charge in [0.2, 0.25) is 5.43 Å². The van der Waals surface area contributed by atoms with Crippen LogP contribution in [-0.4, -0.2) is 40.4 Å². The van der Waals surface area contributed by atoms with Crippen molar-refractivity contribution in [2.24, 2.45) is 5.92 Å². The fourth-order valence-corrected chi connectivity index (χ4v) is 4.27. The molecule has 0 bridgehead atoms. The number of amides is 2. The van der Waals surface area contributed by atoms with Crippen LogP contribution in [0, 0.1) is 5.92 Å². The van der Waals surface area contributed by atoms with Gasteiger partial charge in [0.1, 0.15) is 11.1 Å². The highest BCUT2D eigenvalue weighted by Gasteiger charge is 2.29. The van der Waals surface area contributed by atoms with Crippen molar-refractivity contribution in [2.75, 3.05) is 13.1 Å². The molecule has 3 rings (SSSR count). The number of hydrogen-bond donors (Lipinski definition) is 1. The van der Waals surface area contributed by atoms with Crippen molar-refractivity contribution in [2.45, 2.75) is 77.8 Å². The van der Waals surface area contributed by atoms with Gasteiger partial charge in [-0.15, -0.1) is 0 Å². The minimum atomic E-state index is -0.446. The second-order valence-corrected chi connectivity index (χ2v) is 8.75. The summed E-state index contributed by atoms with van der Waals surface area (Å²) < 4.78 is 1.94. The van der Waals surface area contributed by atoms with E-state index < -0.39 is 5.43 Å². The van der Waals surface area contributed by atoms with Crippen LogP contribution in [0.5, 0.6) is 0 Å². The molecule has 1 aliphatic carbocycles. The van der Waals surface area contributed by atoms with E-state index in [1.165, 1.54) is 0 Å². The Bertz CT molecular complexity index is 778. The molecule has 154 valence electrons. The van der Waals surface area contributed by atoms with Crippen LogP contribution >= 0.6 is 0 Å². The summed E-state index contributed by atoms with van der Waals surface area (Å²) in [7, 11) is 0. The first-order valence-electron chi connectivity index (χ1n) is 10.7. The van der Waals surface area contributed by atoms with Crippen molar-refractivity contribution < 1.29 is 9.59 Å². The van der Waals surface area contributed by atoms with Crippen molar-refractivity contribution in [3.8, 4) is 0 Å². The summed E-state index contributed by atoms with van der Waals surface area (Å²) in [6.07, 6.45) is 10.7. The van der Waals surface area contributed by atoms with Gasteiger partial charge in [-0.3, -0.25) is 14.4 Å². The Morgan fingerprint density at radius 2 is 1.71 bits per heavy atom. The van der Waals surface area contributed by atoms with Crippen LogP contribution in [0.15, 0.2) is 17.2 Å². The predicted octanol–water partition coefficient (Wildman–Crippen LogP) is 3.36. The zero-order chi connectivity index (χ0) is 20.3. The van der Waals surface area contributed by atoms with Crippen LogP contribution in [0.25, 0.3) is 0 Å². The van der Waals surface area contributed by atoms with E-state index in [2.05, 4.69) is 5.32 Å². The van der Waals surface area contributed by atoms with E-state index in [0.29, 0.717) is 19.0 Å².